The number of rotatable bonds is 2. The van der Waals surface area contributed by atoms with Crippen molar-refractivity contribution in [2.45, 2.75) is 13.1 Å². The van der Waals surface area contributed by atoms with Gasteiger partial charge in [0.25, 0.3) is 0 Å². The fourth-order valence-electron chi connectivity index (χ4n) is 2.84. The molecule has 0 fully saturated rings. The van der Waals surface area contributed by atoms with Gasteiger partial charge in [0, 0.05) is 15.6 Å². The van der Waals surface area contributed by atoms with Gasteiger partial charge in [-0.15, -0.1) is 10.2 Å². The van der Waals surface area contributed by atoms with Gasteiger partial charge in [0.1, 0.15) is 6.54 Å². The number of hydrogen-bond donors (Lipinski definition) is 1. The van der Waals surface area contributed by atoms with E-state index in [-0.39, 0.29) is 0 Å². The fourth-order valence-corrected chi connectivity index (χ4v) is 3.20. The lowest BCUT2D eigenvalue weighted by Gasteiger charge is -2.13. The summed E-state index contributed by atoms with van der Waals surface area (Å²) in [6.45, 7) is 0.812. The third kappa shape index (κ3) is 2.40. The lowest BCUT2D eigenvalue weighted by molar-refractivity contribution is 0.828. The van der Waals surface area contributed by atoms with E-state index >= 15 is 0 Å². The number of halogens is 1. The number of nitrogens with two attached hydrogens (primary N) is 1. The molecule has 0 bridgehead atoms. The standard InChI is InChI=1S/C17H14BrN5/c18-12-6-7-14-13(8-12)17(11-4-2-1-3-5-11)20-10-16-22-21-15(9-19)23(14)16/h1-8H,9-10,19H2. The van der Waals surface area contributed by atoms with Gasteiger partial charge in [-0.05, 0) is 18.2 Å². The predicted molar refractivity (Wildman–Crippen MR) is 92.7 cm³/mol. The highest BCUT2D eigenvalue weighted by atomic mass is 79.9. The monoisotopic (exact) mass is 367 g/mol. The molecule has 0 saturated carbocycles. The summed E-state index contributed by atoms with van der Waals surface area (Å²) < 4.78 is 3.02. The van der Waals surface area contributed by atoms with Crippen LogP contribution in [0.25, 0.3) is 5.69 Å². The molecule has 6 heteroatoms. The molecule has 2 heterocycles. The molecular formula is C17H14BrN5. The van der Waals surface area contributed by atoms with Crippen molar-refractivity contribution >= 4 is 21.6 Å². The van der Waals surface area contributed by atoms with Crippen molar-refractivity contribution in [3.63, 3.8) is 0 Å². The van der Waals surface area contributed by atoms with Crippen LogP contribution < -0.4 is 5.73 Å². The smallest absolute Gasteiger partial charge is 0.159 e. The lowest BCUT2D eigenvalue weighted by Crippen LogP contribution is -2.11. The fraction of sp³-hybridized carbons (Fsp3) is 0.118. The zero-order valence-electron chi connectivity index (χ0n) is 12.3. The van der Waals surface area contributed by atoms with Gasteiger partial charge in [-0.25, -0.2) is 0 Å². The Labute approximate surface area is 142 Å². The SMILES string of the molecule is NCc1nnc2n1-c1ccc(Br)cc1C(c1ccccc1)=NC2. The average Bonchev–Trinajstić information content (AvgIpc) is 2.92. The number of hydrogen-bond acceptors (Lipinski definition) is 4. The lowest BCUT2D eigenvalue weighted by atomic mass is 10.0. The Morgan fingerprint density at radius 3 is 2.70 bits per heavy atom. The van der Waals surface area contributed by atoms with Crippen LogP contribution in [0.1, 0.15) is 22.8 Å². The summed E-state index contributed by atoms with van der Waals surface area (Å²) in [4.78, 5) is 4.80. The first kappa shape index (κ1) is 14.3. The summed E-state index contributed by atoms with van der Waals surface area (Å²) in [5, 5.41) is 8.44. The molecule has 1 aromatic heterocycles. The van der Waals surface area contributed by atoms with Crippen LogP contribution in [0.4, 0.5) is 0 Å². The first-order valence-electron chi connectivity index (χ1n) is 7.31. The third-order valence-corrected chi connectivity index (χ3v) is 4.35. The summed E-state index contributed by atoms with van der Waals surface area (Å²) in [5.74, 6) is 1.55. The summed E-state index contributed by atoms with van der Waals surface area (Å²) in [6.07, 6.45) is 0. The second-order valence-corrected chi connectivity index (χ2v) is 6.18. The first-order chi connectivity index (χ1) is 11.3. The van der Waals surface area contributed by atoms with Crippen LogP contribution in [0.2, 0.25) is 0 Å². The van der Waals surface area contributed by atoms with Gasteiger partial charge in [0.15, 0.2) is 11.6 Å². The molecule has 2 aromatic carbocycles. The molecule has 0 spiro atoms. The summed E-state index contributed by atoms with van der Waals surface area (Å²) in [5.41, 5.74) is 9.92. The van der Waals surface area contributed by atoms with E-state index in [1.807, 2.05) is 28.8 Å². The molecule has 3 aromatic rings. The second-order valence-electron chi connectivity index (χ2n) is 5.26. The maximum atomic E-state index is 5.83. The normalized spacial score (nSPS) is 13.0. The second kappa shape index (κ2) is 5.72. The van der Waals surface area contributed by atoms with Gasteiger partial charge >= 0.3 is 0 Å². The Hall–Kier alpha value is -2.31. The zero-order valence-corrected chi connectivity index (χ0v) is 13.9. The molecular weight excluding hydrogens is 354 g/mol. The van der Waals surface area contributed by atoms with Crippen LogP contribution in [0, 0.1) is 0 Å². The number of nitrogens with zero attached hydrogens (tertiary/aromatic N) is 4. The minimum absolute atomic E-state index is 0.336. The Morgan fingerprint density at radius 2 is 1.91 bits per heavy atom. The average molecular weight is 368 g/mol. The minimum atomic E-state index is 0.336. The highest BCUT2D eigenvalue weighted by molar-refractivity contribution is 9.10. The molecule has 114 valence electrons. The third-order valence-electron chi connectivity index (χ3n) is 3.86. The molecule has 1 aliphatic heterocycles. The molecule has 0 saturated heterocycles. The molecule has 0 aliphatic carbocycles. The molecule has 0 unspecified atom stereocenters. The molecule has 23 heavy (non-hydrogen) atoms. The van der Waals surface area contributed by atoms with Gasteiger partial charge in [-0.3, -0.25) is 9.56 Å². The molecule has 0 atom stereocenters. The van der Waals surface area contributed by atoms with Crippen LogP contribution in [0.3, 0.4) is 0 Å². The highest BCUT2D eigenvalue weighted by Crippen LogP contribution is 2.28. The van der Waals surface area contributed by atoms with Crippen LogP contribution in [-0.4, -0.2) is 20.5 Å². The van der Waals surface area contributed by atoms with E-state index < -0.39 is 0 Å². The van der Waals surface area contributed by atoms with Crippen molar-refractivity contribution in [1.82, 2.24) is 14.8 Å². The highest BCUT2D eigenvalue weighted by Gasteiger charge is 2.22. The molecule has 0 radical (unpaired) electrons. The number of fused-ring (bicyclic) bond motifs is 3. The van der Waals surface area contributed by atoms with Gasteiger partial charge in [0.05, 0.1) is 17.9 Å². The van der Waals surface area contributed by atoms with Crippen molar-refractivity contribution < 1.29 is 0 Å². The van der Waals surface area contributed by atoms with E-state index in [4.69, 9.17) is 10.7 Å². The topological polar surface area (TPSA) is 69.1 Å². The Bertz CT molecular complexity index is 899. The van der Waals surface area contributed by atoms with E-state index in [9.17, 15) is 0 Å². The molecule has 4 rings (SSSR count). The Balaban J connectivity index is 2.00. The minimum Gasteiger partial charge on any atom is -0.324 e. The van der Waals surface area contributed by atoms with Gasteiger partial charge in [-0.1, -0.05) is 46.3 Å². The summed E-state index contributed by atoms with van der Waals surface area (Å²) >= 11 is 3.56. The van der Waals surface area contributed by atoms with Crippen LogP contribution in [-0.2, 0) is 13.1 Å². The maximum Gasteiger partial charge on any atom is 0.159 e. The quantitative estimate of drug-likeness (QED) is 0.756. The van der Waals surface area contributed by atoms with Crippen molar-refractivity contribution in [2.75, 3.05) is 0 Å². The van der Waals surface area contributed by atoms with Crippen molar-refractivity contribution in [3.8, 4) is 5.69 Å². The van der Waals surface area contributed by atoms with Gasteiger partial charge < -0.3 is 5.73 Å². The van der Waals surface area contributed by atoms with Crippen LogP contribution >= 0.6 is 15.9 Å². The van der Waals surface area contributed by atoms with Crippen molar-refractivity contribution in [2.24, 2.45) is 10.7 Å². The number of aromatic nitrogens is 3. The Kier molecular flexibility index (Phi) is 3.55. The van der Waals surface area contributed by atoms with Crippen molar-refractivity contribution in [3.05, 3.63) is 75.8 Å². The van der Waals surface area contributed by atoms with Crippen LogP contribution in [0.15, 0.2) is 58.0 Å². The predicted octanol–water partition coefficient (Wildman–Crippen LogP) is 2.84. The van der Waals surface area contributed by atoms with E-state index in [2.05, 4.69) is 50.4 Å². The summed E-state index contributed by atoms with van der Waals surface area (Å²) in [6, 6.07) is 16.3. The van der Waals surface area contributed by atoms with Crippen LogP contribution in [0.5, 0.6) is 0 Å². The van der Waals surface area contributed by atoms with E-state index in [1.54, 1.807) is 0 Å². The largest absolute Gasteiger partial charge is 0.324 e. The first-order valence-corrected chi connectivity index (χ1v) is 8.10. The molecule has 2 N–H and O–H groups in total. The maximum absolute atomic E-state index is 5.83. The molecule has 1 aliphatic rings. The Morgan fingerprint density at radius 1 is 1.09 bits per heavy atom. The van der Waals surface area contributed by atoms with Gasteiger partial charge in [0.2, 0.25) is 0 Å². The number of aliphatic imine (C=N–C) groups is 1. The van der Waals surface area contributed by atoms with E-state index in [0.29, 0.717) is 13.1 Å². The summed E-state index contributed by atoms with van der Waals surface area (Å²) in [7, 11) is 0. The molecule has 5 nitrogen and oxygen atoms in total. The van der Waals surface area contributed by atoms with Crippen molar-refractivity contribution in [1.29, 1.82) is 0 Å². The number of benzene rings is 2. The van der Waals surface area contributed by atoms with Gasteiger partial charge in [-0.2, -0.15) is 0 Å². The van der Waals surface area contributed by atoms with E-state index in [0.717, 1.165) is 38.6 Å². The zero-order chi connectivity index (χ0) is 15.8. The molecule has 0 amide bonds. The van der Waals surface area contributed by atoms with E-state index in [1.165, 1.54) is 0 Å².